The van der Waals surface area contributed by atoms with Crippen LogP contribution in [0.5, 0.6) is 5.75 Å². The number of aromatic nitrogens is 1. The van der Waals surface area contributed by atoms with E-state index in [2.05, 4.69) is 4.98 Å². The van der Waals surface area contributed by atoms with Crippen LogP contribution < -0.4 is 16.0 Å². The van der Waals surface area contributed by atoms with Crippen LogP contribution in [-0.2, 0) is 0 Å². The van der Waals surface area contributed by atoms with Gasteiger partial charge in [0.1, 0.15) is 5.75 Å². The first-order valence-electron chi connectivity index (χ1n) is 4.84. The second-order valence-corrected chi connectivity index (χ2v) is 3.39. The summed E-state index contributed by atoms with van der Waals surface area (Å²) in [6.07, 6.45) is 0. The Hall–Kier alpha value is -2.23. The minimum absolute atomic E-state index is 0.214. The SMILES string of the molecule is COc1cccc(-c2ccc(N)c(=O)[nH]2)c1. The lowest BCUT2D eigenvalue weighted by molar-refractivity contribution is 0.415. The zero-order valence-corrected chi connectivity index (χ0v) is 8.86. The molecule has 0 aliphatic rings. The Labute approximate surface area is 92.7 Å². The molecule has 0 atom stereocenters. The van der Waals surface area contributed by atoms with Crippen LogP contribution in [0, 0.1) is 0 Å². The zero-order chi connectivity index (χ0) is 11.5. The summed E-state index contributed by atoms with van der Waals surface area (Å²) in [5, 5.41) is 0. The summed E-state index contributed by atoms with van der Waals surface area (Å²) in [6.45, 7) is 0. The Morgan fingerprint density at radius 3 is 2.75 bits per heavy atom. The van der Waals surface area contributed by atoms with Crippen LogP contribution in [0.15, 0.2) is 41.2 Å². The Morgan fingerprint density at radius 1 is 1.25 bits per heavy atom. The third kappa shape index (κ3) is 1.91. The number of aromatic amines is 1. The van der Waals surface area contributed by atoms with E-state index in [1.807, 2.05) is 24.3 Å². The summed E-state index contributed by atoms with van der Waals surface area (Å²) in [5.74, 6) is 0.746. The van der Waals surface area contributed by atoms with E-state index in [-0.39, 0.29) is 11.2 Å². The maximum Gasteiger partial charge on any atom is 0.271 e. The molecule has 2 aromatic rings. The number of pyridine rings is 1. The molecule has 16 heavy (non-hydrogen) atoms. The van der Waals surface area contributed by atoms with Gasteiger partial charge in [0.2, 0.25) is 0 Å². The molecule has 0 radical (unpaired) electrons. The molecule has 0 spiro atoms. The quantitative estimate of drug-likeness (QED) is 0.801. The van der Waals surface area contributed by atoms with Crippen LogP contribution in [0.2, 0.25) is 0 Å². The van der Waals surface area contributed by atoms with Gasteiger partial charge in [-0.1, -0.05) is 12.1 Å². The van der Waals surface area contributed by atoms with Crippen LogP contribution in [0.1, 0.15) is 0 Å². The number of hydrogen-bond donors (Lipinski definition) is 2. The average Bonchev–Trinajstić information content (AvgIpc) is 2.33. The van der Waals surface area contributed by atoms with Gasteiger partial charge in [-0.25, -0.2) is 0 Å². The highest BCUT2D eigenvalue weighted by Crippen LogP contribution is 2.21. The van der Waals surface area contributed by atoms with E-state index >= 15 is 0 Å². The van der Waals surface area contributed by atoms with Crippen LogP contribution in [0.3, 0.4) is 0 Å². The van der Waals surface area contributed by atoms with E-state index in [9.17, 15) is 4.79 Å². The first kappa shape index (κ1) is 10.3. The maximum atomic E-state index is 11.4. The Morgan fingerprint density at radius 2 is 2.06 bits per heavy atom. The molecular formula is C12H12N2O2. The Bertz CT molecular complexity index is 561. The van der Waals surface area contributed by atoms with Crippen molar-refractivity contribution in [1.82, 2.24) is 4.98 Å². The van der Waals surface area contributed by atoms with Crippen molar-refractivity contribution in [3.8, 4) is 17.0 Å². The van der Waals surface area contributed by atoms with E-state index in [0.29, 0.717) is 0 Å². The van der Waals surface area contributed by atoms with Crippen molar-refractivity contribution in [2.24, 2.45) is 0 Å². The van der Waals surface area contributed by atoms with Gasteiger partial charge in [0.25, 0.3) is 5.56 Å². The van der Waals surface area contributed by atoms with Gasteiger partial charge < -0.3 is 15.5 Å². The largest absolute Gasteiger partial charge is 0.497 e. The highest BCUT2D eigenvalue weighted by Gasteiger charge is 2.01. The number of H-pyrrole nitrogens is 1. The third-order valence-corrected chi connectivity index (χ3v) is 2.32. The number of rotatable bonds is 2. The molecule has 0 amide bonds. The first-order chi connectivity index (χ1) is 7.70. The molecular weight excluding hydrogens is 204 g/mol. The number of nitrogens with two attached hydrogens (primary N) is 1. The van der Waals surface area contributed by atoms with Crippen LogP contribution >= 0.6 is 0 Å². The monoisotopic (exact) mass is 216 g/mol. The highest BCUT2D eigenvalue weighted by atomic mass is 16.5. The van der Waals surface area contributed by atoms with Gasteiger partial charge in [0.15, 0.2) is 0 Å². The zero-order valence-electron chi connectivity index (χ0n) is 8.86. The number of nitrogens with one attached hydrogen (secondary N) is 1. The van der Waals surface area contributed by atoms with Crippen molar-refractivity contribution in [1.29, 1.82) is 0 Å². The number of ether oxygens (including phenoxy) is 1. The van der Waals surface area contributed by atoms with Gasteiger partial charge in [-0.2, -0.15) is 0 Å². The van der Waals surface area contributed by atoms with Gasteiger partial charge >= 0.3 is 0 Å². The lowest BCUT2D eigenvalue weighted by Crippen LogP contribution is -2.11. The molecule has 0 saturated carbocycles. The van der Waals surface area contributed by atoms with Crippen molar-refractivity contribution in [2.75, 3.05) is 12.8 Å². The Kier molecular flexibility index (Phi) is 2.64. The van der Waals surface area contributed by atoms with Crippen molar-refractivity contribution in [2.45, 2.75) is 0 Å². The average molecular weight is 216 g/mol. The van der Waals surface area contributed by atoms with E-state index in [1.165, 1.54) is 0 Å². The van der Waals surface area contributed by atoms with Gasteiger partial charge in [0.05, 0.1) is 12.8 Å². The smallest absolute Gasteiger partial charge is 0.271 e. The molecule has 0 aliphatic heterocycles. The molecule has 0 unspecified atom stereocenters. The number of hydrogen-bond acceptors (Lipinski definition) is 3. The molecule has 82 valence electrons. The molecule has 0 aliphatic carbocycles. The second-order valence-electron chi connectivity index (χ2n) is 3.39. The summed E-state index contributed by atoms with van der Waals surface area (Å²) in [5.41, 5.74) is 7.00. The number of methoxy groups -OCH3 is 1. The Balaban J connectivity index is 2.50. The van der Waals surface area contributed by atoms with Crippen molar-refractivity contribution < 1.29 is 4.74 Å². The fourth-order valence-electron chi connectivity index (χ4n) is 1.44. The molecule has 1 aromatic heterocycles. The minimum Gasteiger partial charge on any atom is -0.497 e. The summed E-state index contributed by atoms with van der Waals surface area (Å²) in [6, 6.07) is 10.8. The molecule has 1 aromatic carbocycles. The summed E-state index contributed by atoms with van der Waals surface area (Å²) < 4.78 is 5.11. The second kappa shape index (κ2) is 4.10. The fourth-order valence-corrected chi connectivity index (χ4v) is 1.44. The lowest BCUT2D eigenvalue weighted by atomic mass is 10.1. The molecule has 2 rings (SSSR count). The minimum atomic E-state index is -0.277. The van der Waals surface area contributed by atoms with Crippen LogP contribution in [-0.4, -0.2) is 12.1 Å². The van der Waals surface area contributed by atoms with Crippen molar-refractivity contribution in [3.05, 3.63) is 46.8 Å². The van der Waals surface area contributed by atoms with E-state index in [0.717, 1.165) is 17.0 Å². The van der Waals surface area contributed by atoms with Crippen LogP contribution in [0.25, 0.3) is 11.3 Å². The van der Waals surface area contributed by atoms with Crippen molar-refractivity contribution >= 4 is 5.69 Å². The molecule has 0 fully saturated rings. The van der Waals surface area contributed by atoms with E-state index in [1.54, 1.807) is 19.2 Å². The molecule has 4 heteroatoms. The molecule has 0 bridgehead atoms. The molecule has 1 heterocycles. The van der Waals surface area contributed by atoms with Gasteiger partial charge in [-0.3, -0.25) is 4.79 Å². The standard InChI is InChI=1S/C12H12N2O2/c1-16-9-4-2-3-8(7-9)11-6-5-10(13)12(15)14-11/h2-7H,13H2,1H3,(H,14,15). The fraction of sp³-hybridized carbons (Fsp3) is 0.0833. The number of benzene rings is 1. The molecule has 3 N–H and O–H groups in total. The summed E-state index contributed by atoms with van der Waals surface area (Å²) in [4.78, 5) is 14.1. The third-order valence-electron chi connectivity index (χ3n) is 2.32. The normalized spacial score (nSPS) is 10.1. The van der Waals surface area contributed by atoms with Crippen molar-refractivity contribution in [3.63, 3.8) is 0 Å². The van der Waals surface area contributed by atoms with E-state index in [4.69, 9.17) is 10.5 Å². The lowest BCUT2D eigenvalue weighted by Gasteiger charge is -2.04. The summed E-state index contributed by atoms with van der Waals surface area (Å²) in [7, 11) is 1.60. The highest BCUT2D eigenvalue weighted by molar-refractivity contribution is 5.62. The number of nitrogen functional groups attached to an aromatic ring is 1. The van der Waals surface area contributed by atoms with Gasteiger partial charge in [-0.05, 0) is 24.3 Å². The predicted molar refractivity (Wildman–Crippen MR) is 63.5 cm³/mol. The van der Waals surface area contributed by atoms with Gasteiger partial charge in [0, 0.05) is 11.3 Å². The number of anilines is 1. The van der Waals surface area contributed by atoms with Gasteiger partial charge in [-0.15, -0.1) is 0 Å². The topological polar surface area (TPSA) is 68.1 Å². The molecule has 0 saturated heterocycles. The predicted octanol–water partition coefficient (Wildman–Crippen LogP) is 1.63. The van der Waals surface area contributed by atoms with Crippen LogP contribution in [0.4, 0.5) is 5.69 Å². The first-order valence-corrected chi connectivity index (χ1v) is 4.84. The molecule has 4 nitrogen and oxygen atoms in total. The van der Waals surface area contributed by atoms with E-state index < -0.39 is 0 Å². The maximum absolute atomic E-state index is 11.4. The summed E-state index contributed by atoms with van der Waals surface area (Å²) >= 11 is 0.